The predicted molar refractivity (Wildman–Crippen MR) is 112 cm³/mol. The molecule has 0 radical (unpaired) electrons. The number of unbranched alkanes of at least 4 members (excludes halogenated alkanes) is 1. The van der Waals surface area contributed by atoms with Crippen LogP contribution in [0.2, 0.25) is 0 Å². The number of hydrogen-bond donors (Lipinski definition) is 2. The number of carbonyl (C=O) groups excluding carboxylic acids is 3. The highest BCUT2D eigenvalue weighted by Crippen LogP contribution is 2.15. The van der Waals surface area contributed by atoms with Gasteiger partial charge in [-0.15, -0.1) is 0 Å². The van der Waals surface area contributed by atoms with E-state index in [0.717, 1.165) is 17.5 Å². The highest BCUT2D eigenvalue weighted by molar-refractivity contribution is 6.38. The number of Topliss-reactive ketones (excluding diaryl/α,β-unsaturated/α-hetero) is 1. The Bertz CT molecular complexity index is 870. The molecular formula is C23H26N2O3. The smallest absolute Gasteiger partial charge is 0.287 e. The molecule has 0 fully saturated rings. The summed E-state index contributed by atoms with van der Waals surface area (Å²) in [7, 11) is 0. The van der Waals surface area contributed by atoms with Crippen LogP contribution in [-0.4, -0.2) is 23.6 Å². The molecule has 0 aliphatic heterocycles. The molecule has 2 aromatic rings. The Labute approximate surface area is 165 Å². The molecule has 3 N–H and O–H groups in total. The van der Waals surface area contributed by atoms with Crippen molar-refractivity contribution in [2.24, 2.45) is 5.73 Å². The number of aryl methyl sites for hydroxylation is 1. The molecule has 28 heavy (non-hydrogen) atoms. The first-order chi connectivity index (χ1) is 13.4. The summed E-state index contributed by atoms with van der Waals surface area (Å²) < 4.78 is 0. The van der Waals surface area contributed by atoms with E-state index in [4.69, 9.17) is 5.73 Å². The lowest BCUT2D eigenvalue weighted by Gasteiger charge is -2.16. The molecule has 1 unspecified atom stereocenters. The maximum absolute atomic E-state index is 12.8. The predicted octanol–water partition coefficient (Wildman–Crippen LogP) is 3.51. The van der Waals surface area contributed by atoms with E-state index in [1.54, 1.807) is 12.1 Å². The normalized spacial score (nSPS) is 11.9. The Kier molecular flexibility index (Phi) is 7.69. The van der Waals surface area contributed by atoms with Gasteiger partial charge in [0.15, 0.2) is 0 Å². The molecule has 2 aromatic carbocycles. The van der Waals surface area contributed by atoms with Gasteiger partial charge in [0, 0.05) is 5.56 Å². The third-order valence-corrected chi connectivity index (χ3v) is 4.45. The average molecular weight is 378 g/mol. The number of nitrogens with two attached hydrogens (primary N) is 1. The van der Waals surface area contributed by atoms with Gasteiger partial charge in [-0.3, -0.25) is 14.4 Å². The molecule has 5 heteroatoms. The Morgan fingerprint density at radius 1 is 1.04 bits per heavy atom. The van der Waals surface area contributed by atoms with E-state index in [1.165, 1.54) is 5.56 Å². The third kappa shape index (κ3) is 5.91. The first-order valence-electron chi connectivity index (χ1n) is 9.40. The van der Waals surface area contributed by atoms with Crippen LogP contribution < -0.4 is 11.1 Å². The fourth-order valence-electron chi connectivity index (χ4n) is 2.80. The van der Waals surface area contributed by atoms with Gasteiger partial charge in [-0.2, -0.15) is 0 Å². The first-order valence-corrected chi connectivity index (χ1v) is 9.40. The Morgan fingerprint density at radius 3 is 2.36 bits per heavy atom. The minimum absolute atomic E-state index is 0.380. The van der Waals surface area contributed by atoms with Crippen LogP contribution in [0.25, 0.3) is 12.2 Å². The lowest BCUT2D eigenvalue weighted by Crippen LogP contribution is -2.46. The lowest BCUT2D eigenvalue weighted by atomic mass is 10.0. The van der Waals surface area contributed by atoms with Crippen LogP contribution in [-0.2, 0) is 9.59 Å². The Balaban J connectivity index is 2.21. The number of nitrogens with one attached hydrogen (secondary N) is 1. The van der Waals surface area contributed by atoms with E-state index < -0.39 is 23.6 Å². The fourth-order valence-corrected chi connectivity index (χ4v) is 2.80. The van der Waals surface area contributed by atoms with Crippen LogP contribution in [0.15, 0.2) is 48.5 Å². The molecular weight excluding hydrogens is 352 g/mol. The molecule has 0 spiro atoms. The van der Waals surface area contributed by atoms with Crippen molar-refractivity contribution in [1.82, 2.24) is 5.32 Å². The number of primary amides is 1. The summed E-state index contributed by atoms with van der Waals surface area (Å²) in [6, 6.07) is 14.3. The molecule has 146 valence electrons. The number of rotatable bonds is 9. The summed E-state index contributed by atoms with van der Waals surface area (Å²) in [5.41, 5.74) is 8.48. The van der Waals surface area contributed by atoms with Crippen molar-refractivity contribution in [2.75, 3.05) is 0 Å². The third-order valence-electron chi connectivity index (χ3n) is 4.45. The highest BCUT2D eigenvalue weighted by atomic mass is 16.2. The molecule has 0 bridgehead atoms. The average Bonchev–Trinajstić information content (AvgIpc) is 2.70. The first kappa shape index (κ1) is 21.1. The minimum atomic E-state index is -1.03. The van der Waals surface area contributed by atoms with Crippen molar-refractivity contribution in [1.29, 1.82) is 0 Å². The van der Waals surface area contributed by atoms with Crippen LogP contribution >= 0.6 is 0 Å². The van der Waals surface area contributed by atoms with Gasteiger partial charge in [0.1, 0.15) is 0 Å². The maximum Gasteiger partial charge on any atom is 0.287 e. The zero-order valence-corrected chi connectivity index (χ0v) is 16.3. The van der Waals surface area contributed by atoms with E-state index in [0.29, 0.717) is 18.4 Å². The van der Waals surface area contributed by atoms with Crippen LogP contribution in [0.5, 0.6) is 0 Å². The second kappa shape index (κ2) is 10.2. The molecule has 0 aliphatic rings. The zero-order chi connectivity index (χ0) is 20.5. The monoisotopic (exact) mass is 378 g/mol. The topological polar surface area (TPSA) is 89.3 Å². The summed E-state index contributed by atoms with van der Waals surface area (Å²) in [6.07, 6.45) is 5.71. The van der Waals surface area contributed by atoms with Crippen LogP contribution in [0, 0.1) is 6.92 Å². The maximum atomic E-state index is 12.8. The van der Waals surface area contributed by atoms with Crippen LogP contribution in [0.4, 0.5) is 0 Å². The van der Waals surface area contributed by atoms with Gasteiger partial charge in [-0.05, 0) is 30.5 Å². The zero-order valence-electron chi connectivity index (χ0n) is 16.3. The number of carbonyl (C=O) groups is 3. The van der Waals surface area contributed by atoms with E-state index in [1.807, 2.05) is 62.4 Å². The molecule has 5 nitrogen and oxygen atoms in total. The molecule has 2 amide bonds. The standard InChI is InChI=1S/C23H26N2O3/c1-3-4-9-20(21(26)22(24)27)25-23(28)19-8-6-5-7-18(19)15-14-17-12-10-16(2)11-13-17/h5-8,10-15,20H,3-4,9H2,1-2H3,(H2,24,27)(H,25,28). The van der Waals surface area contributed by atoms with Crippen molar-refractivity contribution >= 4 is 29.7 Å². The second-order valence-corrected chi connectivity index (χ2v) is 6.73. The highest BCUT2D eigenvalue weighted by Gasteiger charge is 2.25. The van der Waals surface area contributed by atoms with Gasteiger partial charge in [0.2, 0.25) is 5.78 Å². The van der Waals surface area contributed by atoms with Gasteiger partial charge in [-0.25, -0.2) is 0 Å². The van der Waals surface area contributed by atoms with Crippen LogP contribution in [0.3, 0.4) is 0 Å². The van der Waals surface area contributed by atoms with Crippen molar-refractivity contribution in [2.45, 2.75) is 39.2 Å². The number of benzene rings is 2. The van der Waals surface area contributed by atoms with Crippen molar-refractivity contribution in [3.8, 4) is 0 Å². The van der Waals surface area contributed by atoms with Gasteiger partial charge in [0.25, 0.3) is 11.8 Å². The minimum Gasteiger partial charge on any atom is -0.363 e. The number of amides is 2. The van der Waals surface area contributed by atoms with Gasteiger partial charge in [-0.1, -0.05) is 79.9 Å². The molecule has 0 aliphatic carbocycles. The quantitative estimate of drug-likeness (QED) is 0.517. The summed E-state index contributed by atoms with van der Waals surface area (Å²) in [6.45, 7) is 3.99. The summed E-state index contributed by atoms with van der Waals surface area (Å²) in [5.74, 6) is -2.21. The molecule has 0 saturated carbocycles. The molecule has 1 atom stereocenters. The Hall–Kier alpha value is -3.21. The summed E-state index contributed by atoms with van der Waals surface area (Å²) in [4.78, 5) is 36.1. The van der Waals surface area contributed by atoms with Crippen molar-refractivity contribution in [3.63, 3.8) is 0 Å². The molecule has 0 aromatic heterocycles. The van der Waals surface area contributed by atoms with E-state index in [-0.39, 0.29) is 0 Å². The van der Waals surface area contributed by atoms with Gasteiger partial charge < -0.3 is 11.1 Å². The van der Waals surface area contributed by atoms with Crippen molar-refractivity contribution < 1.29 is 14.4 Å². The molecule has 0 heterocycles. The summed E-state index contributed by atoms with van der Waals surface area (Å²) in [5, 5.41) is 2.67. The number of ketones is 1. The summed E-state index contributed by atoms with van der Waals surface area (Å²) >= 11 is 0. The Morgan fingerprint density at radius 2 is 1.71 bits per heavy atom. The molecule has 0 saturated heterocycles. The van der Waals surface area contributed by atoms with Crippen LogP contribution in [0.1, 0.15) is 53.2 Å². The number of hydrogen-bond acceptors (Lipinski definition) is 3. The fraction of sp³-hybridized carbons (Fsp3) is 0.261. The second-order valence-electron chi connectivity index (χ2n) is 6.73. The largest absolute Gasteiger partial charge is 0.363 e. The van der Waals surface area contributed by atoms with E-state index in [2.05, 4.69) is 5.32 Å². The SMILES string of the molecule is CCCCC(NC(=O)c1ccccc1C=Cc1ccc(C)cc1)C(=O)C(N)=O. The molecule has 2 rings (SSSR count). The van der Waals surface area contributed by atoms with E-state index >= 15 is 0 Å². The van der Waals surface area contributed by atoms with E-state index in [9.17, 15) is 14.4 Å². The van der Waals surface area contributed by atoms with Crippen molar-refractivity contribution in [3.05, 3.63) is 70.8 Å². The van der Waals surface area contributed by atoms with Gasteiger partial charge >= 0.3 is 0 Å². The van der Waals surface area contributed by atoms with Gasteiger partial charge in [0.05, 0.1) is 6.04 Å². The lowest BCUT2D eigenvalue weighted by molar-refractivity contribution is -0.137.